The van der Waals surface area contributed by atoms with Crippen LogP contribution in [0.1, 0.15) is 23.6 Å². The summed E-state index contributed by atoms with van der Waals surface area (Å²) in [6.45, 7) is 4.92. The Kier molecular flexibility index (Phi) is 6.65. The van der Waals surface area contributed by atoms with Gasteiger partial charge < -0.3 is 10.4 Å². The van der Waals surface area contributed by atoms with E-state index in [0.717, 1.165) is 31.7 Å². The molecular weight excluding hydrogens is 286 g/mol. The Morgan fingerprint density at radius 1 is 1.30 bits per heavy atom. The molecule has 1 atom stereocenters. The number of aryl methyl sites for hydroxylation is 1. The molecule has 1 aliphatic heterocycles. The summed E-state index contributed by atoms with van der Waals surface area (Å²) in [7, 11) is 0. The molecule has 0 aromatic heterocycles. The molecule has 1 aromatic rings. The largest absolute Gasteiger partial charge is 0.508 e. The fraction of sp³-hybridized carbons (Fsp3) is 0.571. The summed E-state index contributed by atoms with van der Waals surface area (Å²) < 4.78 is 25.6. The number of rotatable bonds is 4. The highest BCUT2D eigenvalue weighted by Gasteiger charge is 2.27. The third kappa shape index (κ3) is 4.30. The molecular formula is C14H21ClF2N2O. The number of aromatic hydroxyl groups is 1. The van der Waals surface area contributed by atoms with Crippen molar-refractivity contribution >= 4 is 12.4 Å². The lowest BCUT2D eigenvalue weighted by molar-refractivity contribution is 0.0730. The third-order valence-corrected chi connectivity index (χ3v) is 3.54. The van der Waals surface area contributed by atoms with E-state index in [9.17, 15) is 13.9 Å². The van der Waals surface area contributed by atoms with Gasteiger partial charge >= 0.3 is 0 Å². The quantitative estimate of drug-likeness (QED) is 0.898. The van der Waals surface area contributed by atoms with Crippen molar-refractivity contribution in [3.05, 3.63) is 29.3 Å². The molecule has 1 saturated heterocycles. The highest BCUT2D eigenvalue weighted by molar-refractivity contribution is 5.85. The maximum absolute atomic E-state index is 12.8. The molecule has 0 bridgehead atoms. The van der Waals surface area contributed by atoms with E-state index in [1.54, 1.807) is 12.1 Å². The zero-order valence-corrected chi connectivity index (χ0v) is 12.3. The summed E-state index contributed by atoms with van der Waals surface area (Å²) in [5.41, 5.74) is 1.53. The van der Waals surface area contributed by atoms with Gasteiger partial charge in [-0.05, 0) is 18.6 Å². The van der Waals surface area contributed by atoms with Crippen LogP contribution in [-0.2, 0) is 0 Å². The van der Waals surface area contributed by atoms with Crippen molar-refractivity contribution < 1.29 is 13.9 Å². The van der Waals surface area contributed by atoms with Gasteiger partial charge in [-0.25, -0.2) is 8.78 Å². The Bertz CT molecular complexity index is 426. The fourth-order valence-corrected chi connectivity index (χ4v) is 2.57. The molecule has 0 spiro atoms. The van der Waals surface area contributed by atoms with Gasteiger partial charge in [0.2, 0.25) is 6.43 Å². The van der Waals surface area contributed by atoms with Crippen LogP contribution in [0.25, 0.3) is 0 Å². The first kappa shape index (κ1) is 17.1. The number of hydrogen-bond acceptors (Lipinski definition) is 3. The van der Waals surface area contributed by atoms with Crippen molar-refractivity contribution in [3.8, 4) is 5.75 Å². The third-order valence-electron chi connectivity index (χ3n) is 3.54. The molecule has 114 valence electrons. The fourth-order valence-electron chi connectivity index (χ4n) is 2.57. The Hall–Kier alpha value is -0.910. The second-order valence-electron chi connectivity index (χ2n) is 4.99. The Labute approximate surface area is 124 Å². The van der Waals surface area contributed by atoms with Gasteiger partial charge in [0.1, 0.15) is 5.75 Å². The summed E-state index contributed by atoms with van der Waals surface area (Å²) in [5, 5.41) is 13.2. The van der Waals surface area contributed by atoms with Gasteiger partial charge in [-0.15, -0.1) is 12.4 Å². The van der Waals surface area contributed by atoms with Gasteiger partial charge in [0.25, 0.3) is 0 Å². The number of piperazine rings is 1. The van der Waals surface area contributed by atoms with E-state index >= 15 is 0 Å². The number of nitrogens with zero attached hydrogens (tertiary/aromatic N) is 1. The standard InChI is InChI=1S/C14H20F2N2O.ClH/c1-10-2-3-11(13(19)8-10)12(9-14(15)16)18-6-4-17-5-7-18;/h2-3,8,12,14,17,19H,4-7,9H2,1H3;1H/t12-;/m1./s1. The van der Waals surface area contributed by atoms with Crippen LogP contribution in [0.15, 0.2) is 18.2 Å². The predicted octanol–water partition coefficient (Wildman–Crippen LogP) is 2.72. The van der Waals surface area contributed by atoms with E-state index in [1.807, 2.05) is 17.9 Å². The zero-order chi connectivity index (χ0) is 13.8. The summed E-state index contributed by atoms with van der Waals surface area (Å²) in [6.07, 6.45) is -2.61. The minimum atomic E-state index is -2.37. The van der Waals surface area contributed by atoms with Crippen molar-refractivity contribution in [3.63, 3.8) is 0 Å². The first-order chi connectivity index (χ1) is 9.08. The molecule has 1 aliphatic rings. The molecule has 6 heteroatoms. The van der Waals surface area contributed by atoms with Crippen molar-refractivity contribution in [1.29, 1.82) is 0 Å². The van der Waals surface area contributed by atoms with Crippen LogP contribution in [0.2, 0.25) is 0 Å². The van der Waals surface area contributed by atoms with Gasteiger partial charge in [0.05, 0.1) is 0 Å². The number of halogens is 3. The van der Waals surface area contributed by atoms with E-state index in [0.29, 0.717) is 5.56 Å². The maximum atomic E-state index is 12.8. The lowest BCUT2D eigenvalue weighted by Gasteiger charge is -2.35. The van der Waals surface area contributed by atoms with Crippen LogP contribution in [0.4, 0.5) is 8.78 Å². The second kappa shape index (κ2) is 7.76. The van der Waals surface area contributed by atoms with E-state index in [-0.39, 0.29) is 24.6 Å². The average molecular weight is 307 g/mol. The minimum Gasteiger partial charge on any atom is -0.508 e. The van der Waals surface area contributed by atoms with Crippen LogP contribution in [0, 0.1) is 6.92 Å². The van der Waals surface area contributed by atoms with Crippen molar-refractivity contribution in [2.45, 2.75) is 25.8 Å². The number of hydrogen-bond donors (Lipinski definition) is 2. The molecule has 0 aliphatic carbocycles. The van der Waals surface area contributed by atoms with Gasteiger partial charge in [-0.3, -0.25) is 4.90 Å². The number of nitrogens with one attached hydrogen (secondary N) is 1. The molecule has 0 amide bonds. The minimum absolute atomic E-state index is 0. The van der Waals surface area contributed by atoms with Crippen LogP contribution in [0.5, 0.6) is 5.75 Å². The van der Waals surface area contributed by atoms with Crippen LogP contribution in [0.3, 0.4) is 0 Å². The molecule has 2 rings (SSSR count). The molecule has 3 nitrogen and oxygen atoms in total. The van der Waals surface area contributed by atoms with Crippen molar-refractivity contribution in [2.24, 2.45) is 0 Å². The smallest absolute Gasteiger partial charge is 0.240 e. The maximum Gasteiger partial charge on any atom is 0.240 e. The number of benzene rings is 1. The molecule has 2 N–H and O–H groups in total. The zero-order valence-electron chi connectivity index (χ0n) is 11.5. The van der Waals surface area contributed by atoms with Crippen molar-refractivity contribution in [2.75, 3.05) is 26.2 Å². The summed E-state index contributed by atoms with van der Waals surface area (Å²) >= 11 is 0. The summed E-state index contributed by atoms with van der Waals surface area (Å²) in [6, 6.07) is 4.84. The van der Waals surface area contributed by atoms with Crippen LogP contribution in [-0.4, -0.2) is 42.6 Å². The van der Waals surface area contributed by atoms with E-state index in [4.69, 9.17) is 0 Å². The SMILES string of the molecule is Cc1ccc([C@@H](CC(F)F)N2CCNCC2)c(O)c1.Cl. The number of alkyl halides is 2. The van der Waals surface area contributed by atoms with Crippen molar-refractivity contribution in [1.82, 2.24) is 10.2 Å². The lowest BCUT2D eigenvalue weighted by Crippen LogP contribution is -2.45. The molecule has 1 fully saturated rings. The summed E-state index contributed by atoms with van der Waals surface area (Å²) in [4.78, 5) is 2.02. The molecule has 1 aromatic carbocycles. The highest BCUT2D eigenvalue weighted by atomic mass is 35.5. The Balaban J connectivity index is 0.00000200. The Morgan fingerprint density at radius 3 is 2.50 bits per heavy atom. The van der Waals surface area contributed by atoms with Crippen LogP contribution < -0.4 is 5.32 Å². The van der Waals surface area contributed by atoms with E-state index in [2.05, 4.69) is 5.32 Å². The van der Waals surface area contributed by atoms with Gasteiger partial charge in [0, 0.05) is 44.2 Å². The normalized spacial score (nSPS) is 17.8. The highest BCUT2D eigenvalue weighted by Crippen LogP contribution is 2.33. The molecule has 0 radical (unpaired) electrons. The Morgan fingerprint density at radius 2 is 1.95 bits per heavy atom. The summed E-state index contributed by atoms with van der Waals surface area (Å²) in [5.74, 6) is 0.115. The molecule has 1 heterocycles. The van der Waals surface area contributed by atoms with Crippen LogP contribution >= 0.6 is 12.4 Å². The van der Waals surface area contributed by atoms with Gasteiger partial charge in [0.15, 0.2) is 0 Å². The second-order valence-corrected chi connectivity index (χ2v) is 4.99. The molecule has 0 saturated carbocycles. The molecule has 20 heavy (non-hydrogen) atoms. The monoisotopic (exact) mass is 306 g/mol. The van der Waals surface area contributed by atoms with E-state index in [1.165, 1.54) is 0 Å². The predicted molar refractivity (Wildman–Crippen MR) is 77.9 cm³/mol. The first-order valence-electron chi connectivity index (χ1n) is 6.60. The lowest BCUT2D eigenvalue weighted by atomic mass is 9.99. The first-order valence-corrected chi connectivity index (χ1v) is 6.60. The average Bonchev–Trinajstić information content (AvgIpc) is 2.37. The van der Waals surface area contributed by atoms with Gasteiger partial charge in [-0.1, -0.05) is 12.1 Å². The van der Waals surface area contributed by atoms with Gasteiger partial charge in [-0.2, -0.15) is 0 Å². The van der Waals surface area contributed by atoms with E-state index < -0.39 is 12.5 Å². The molecule has 0 unspecified atom stereocenters. The topological polar surface area (TPSA) is 35.5 Å². The number of phenolic OH excluding ortho intramolecular Hbond substituents is 1. The number of phenols is 1.